The van der Waals surface area contributed by atoms with Crippen LogP contribution in [0, 0.1) is 0 Å². The summed E-state index contributed by atoms with van der Waals surface area (Å²) in [5.74, 6) is -0.0383. The van der Waals surface area contributed by atoms with Crippen LogP contribution in [0.4, 0.5) is 13.2 Å². The third-order valence-electron chi connectivity index (χ3n) is 4.19. The van der Waals surface area contributed by atoms with Crippen molar-refractivity contribution in [1.82, 2.24) is 19.9 Å². The molecule has 2 aromatic rings. The summed E-state index contributed by atoms with van der Waals surface area (Å²) in [6.07, 6.45) is -0.797. The van der Waals surface area contributed by atoms with Crippen LogP contribution >= 0.6 is 0 Å². The van der Waals surface area contributed by atoms with E-state index in [0.717, 1.165) is 6.20 Å². The summed E-state index contributed by atoms with van der Waals surface area (Å²) in [6.45, 7) is 0.821. The largest absolute Gasteiger partial charge is 0.480 e. The zero-order chi connectivity index (χ0) is 18.0. The zero-order valence-corrected chi connectivity index (χ0v) is 13.5. The molecule has 1 N–H and O–H groups in total. The van der Waals surface area contributed by atoms with Crippen molar-refractivity contribution in [3.8, 4) is 5.88 Å². The quantitative estimate of drug-likeness (QED) is 0.920. The lowest BCUT2D eigenvalue weighted by Crippen LogP contribution is -2.39. The number of aromatic amines is 1. The molecule has 1 atom stereocenters. The summed E-state index contributed by atoms with van der Waals surface area (Å²) in [6, 6.07) is 3.26. The van der Waals surface area contributed by atoms with E-state index in [0.29, 0.717) is 31.5 Å². The Bertz CT molecular complexity index is 760. The van der Waals surface area contributed by atoms with Crippen molar-refractivity contribution in [3.63, 3.8) is 0 Å². The summed E-state index contributed by atoms with van der Waals surface area (Å²) in [5.41, 5.74) is -0.541. The van der Waals surface area contributed by atoms with Crippen LogP contribution in [-0.2, 0) is 6.18 Å². The van der Waals surface area contributed by atoms with Crippen molar-refractivity contribution in [2.24, 2.45) is 0 Å². The van der Waals surface area contributed by atoms with E-state index < -0.39 is 11.9 Å². The van der Waals surface area contributed by atoms with Gasteiger partial charge in [0.15, 0.2) is 0 Å². The maximum absolute atomic E-state index is 12.7. The number of H-pyrrole nitrogens is 1. The Morgan fingerprint density at radius 2 is 2.20 bits per heavy atom. The fourth-order valence-electron chi connectivity index (χ4n) is 2.96. The van der Waals surface area contributed by atoms with Crippen LogP contribution in [0.5, 0.6) is 5.88 Å². The van der Waals surface area contributed by atoms with Gasteiger partial charge in [0.05, 0.1) is 13.3 Å². The molecule has 9 heteroatoms. The average Bonchev–Trinajstić information content (AvgIpc) is 3.12. The molecule has 3 heterocycles. The first-order valence-electron chi connectivity index (χ1n) is 7.80. The minimum Gasteiger partial charge on any atom is -0.480 e. The number of likely N-dealkylation sites (tertiary alicyclic amines) is 1. The Morgan fingerprint density at radius 3 is 2.88 bits per heavy atom. The molecule has 2 aromatic heterocycles. The minimum atomic E-state index is -4.46. The van der Waals surface area contributed by atoms with Gasteiger partial charge in [0.25, 0.3) is 5.91 Å². The Balaban J connectivity index is 1.77. The predicted octanol–water partition coefficient (Wildman–Crippen LogP) is 2.85. The molecule has 6 nitrogen and oxygen atoms in total. The van der Waals surface area contributed by atoms with Crippen molar-refractivity contribution >= 4 is 5.91 Å². The number of imidazole rings is 1. The second-order valence-electron chi connectivity index (χ2n) is 5.83. The van der Waals surface area contributed by atoms with Crippen molar-refractivity contribution in [3.05, 3.63) is 41.6 Å². The van der Waals surface area contributed by atoms with Crippen LogP contribution in [0.1, 0.15) is 40.6 Å². The van der Waals surface area contributed by atoms with E-state index in [1.807, 2.05) is 0 Å². The number of carbonyl (C=O) groups is 1. The van der Waals surface area contributed by atoms with Crippen LogP contribution < -0.4 is 4.74 Å². The number of carbonyl (C=O) groups excluding carboxylic acids is 1. The van der Waals surface area contributed by atoms with E-state index in [4.69, 9.17) is 4.74 Å². The smallest absolute Gasteiger partial charge is 0.432 e. The Labute approximate surface area is 142 Å². The lowest BCUT2D eigenvalue weighted by molar-refractivity contribution is -0.141. The van der Waals surface area contributed by atoms with Gasteiger partial charge in [-0.3, -0.25) is 4.79 Å². The van der Waals surface area contributed by atoms with E-state index in [1.165, 1.54) is 13.3 Å². The van der Waals surface area contributed by atoms with E-state index in [2.05, 4.69) is 15.0 Å². The minimum absolute atomic E-state index is 0.229. The lowest BCUT2D eigenvalue weighted by Gasteiger charge is -2.32. The van der Waals surface area contributed by atoms with Crippen LogP contribution in [0.2, 0.25) is 0 Å². The molecule has 0 aromatic carbocycles. The summed E-state index contributed by atoms with van der Waals surface area (Å²) in [7, 11) is 1.43. The molecule has 1 aliphatic rings. The van der Waals surface area contributed by atoms with Crippen molar-refractivity contribution in [2.45, 2.75) is 24.9 Å². The molecular formula is C16H17F3N4O2. The van der Waals surface area contributed by atoms with Gasteiger partial charge in [-0.1, -0.05) is 0 Å². The number of methoxy groups -OCH3 is 1. The molecule has 134 valence electrons. The number of amides is 1. The standard InChI is InChI=1S/C16H17F3N4O2/c1-25-14-11(5-2-6-20-14)15(24)23-7-3-4-10(9-23)13-21-8-12(22-13)16(17,18)19/h2,5-6,8,10H,3-4,7,9H2,1H3,(H,21,22). The first-order valence-corrected chi connectivity index (χ1v) is 7.80. The van der Waals surface area contributed by atoms with Gasteiger partial charge in [-0.05, 0) is 25.0 Å². The van der Waals surface area contributed by atoms with Crippen LogP contribution in [-0.4, -0.2) is 46.0 Å². The molecular weight excluding hydrogens is 337 g/mol. The van der Waals surface area contributed by atoms with E-state index in [9.17, 15) is 18.0 Å². The normalized spacial score (nSPS) is 18.2. The molecule has 1 fully saturated rings. The molecule has 0 bridgehead atoms. The number of nitrogens with zero attached hydrogens (tertiary/aromatic N) is 3. The highest BCUT2D eigenvalue weighted by atomic mass is 19.4. The van der Waals surface area contributed by atoms with Crippen molar-refractivity contribution in [2.75, 3.05) is 20.2 Å². The van der Waals surface area contributed by atoms with E-state index in [-0.39, 0.29) is 23.5 Å². The molecule has 1 saturated heterocycles. The highest BCUT2D eigenvalue weighted by molar-refractivity contribution is 5.96. The van der Waals surface area contributed by atoms with Gasteiger partial charge in [-0.2, -0.15) is 13.2 Å². The number of piperidine rings is 1. The topological polar surface area (TPSA) is 71.1 Å². The maximum Gasteiger partial charge on any atom is 0.432 e. The number of nitrogens with one attached hydrogen (secondary N) is 1. The summed E-state index contributed by atoms with van der Waals surface area (Å²) in [5, 5.41) is 0. The molecule has 1 unspecified atom stereocenters. The molecule has 0 aliphatic carbocycles. The SMILES string of the molecule is COc1ncccc1C(=O)N1CCCC(c2ncc(C(F)(F)F)[nH]2)C1. The number of pyridine rings is 1. The molecule has 0 radical (unpaired) electrons. The van der Waals surface area contributed by atoms with Gasteiger partial charge < -0.3 is 14.6 Å². The first kappa shape index (κ1) is 17.2. The molecule has 0 saturated carbocycles. The number of alkyl halides is 3. The number of hydrogen-bond acceptors (Lipinski definition) is 4. The molecule has 1 amide bonds. The van der Waals surface area contributed by atoms with Crippen LogP contribution in [0.15, 0.2) is 24.5 Å². The second-order valence-corrected chi connectivity index (χ2v) is 5.83. The highest BCUT2D eigenvalue weighted by Gasteiger charge is 2.35. The van der Waals surface area contributed by atoms with Gasteiger partial charge in [-0.25, -0.2) is 9.97 Å². The van der Waals surface area contributed by atoms with Gasteiger partial charge >= 0.3 is 6.18 Å². The number of halogens is 3. The third kappa shape index (κ3) is 3.59. The zero-order valence-electron chi connectivity index (χ0n) is 13.5. The molecule has 0 spiro atoms. The highest BCUT2D eigenvalue weighted by Crippen LogP contribution is 2.31. The number of aromatic nitrogens is 3. The van der Waals surface area contributed by atoms with E-state index in [1.54, 1.807) is 17.0 Å². The third-order valence-corrected chi connectivity index (χ3v) is 4.19. The van der Waals surface area contributed by atoms with Crippen molar-refractivity contribution in [1.29, 1.82) is 0 Å². The average molecular weight is 354 g/mol. The monoisotopic (exact) mass is 354 g/mol. The number of ether oxygens (including phenoxy) is 1. The summed E-state index contributed by atoms with van der Waals surface area (Å²) < 4.78 is 43.3. The number of rotatable bonds is 3. The van der Waals surface area contributed by atoms with E-state index >= 15 is 0 Å². The first-order chi connectivity index (χ1) is 11.9. The van der Waals surface area contributed by atoms with Gasteiger partial charge in [-0.15, -0.1) is 0 Å². The molecule has 3 rings (SSSR count). The van der Waals surface area contributed by atoms with Gasteiger partial charge in [0, 0.05) is 25.2 Å². The second kappa shape index (κ2) is 6.73. The van der Waals surface area contributed by atoms with Gasteiger partial charge in [0.2, 0.25) is 5.88 Å². The molecule has 25 heavy (non-hydrogen) atoms. The van der Waals surface area contributed by atoms with Gasteiger partial charge in [0.1, 0.15) is 17.1 Å². The Hall–Kier alpha value is -2.58. The predicted molar refractivity (Wildman–Crippen MR) is 82.3 cm³/mol. The lowest BCUT2D eigenvalue weighted by atomic mass is 9.97. The van der Waals surface area contributed by atoms with Crippen molar-refractivity contribution < 1.29 is 22.7 Å². The molecule has 1 aliphatic heterocycles. The fourth-order valence-corrected chi connectivity index (χ4v) is 2.96. The summed E-state index contributed by atoms with van der Waals surface area (Å²) >= 11 is 0. The Kier molecular flexibility index (Phi) is 4.65. The number of hydrogen-bond donors (Lipinski definition) is 1. The Morgan fingerprint density at radius 1 is 1.40 bits per heavy atom. The summed E-state index contributed by atoms with van der Waals surface area (Å²) in [4.78, 5) is 24.5. The fraction of sp³-hybridized carbons (Fsp3) is 0.438. The van der Waals surface area contributed by atoms with Crippen LogP contribution in [0.3, 0.4) is 0 Å². The maximum atomic E-state index is 12.7. The van der Waals surface area contributed by atoms with Crippen LogP contribution in [0.25, 0.3) is 0 Å².